The summed E-state index contributed by atoms with van der Waals surface area (Å²) < 4.78 is 60.5. The zero-order chi connectivity index (χ0) is 34.0. The van der Waals surface area contributed by atoms with E-state index >= 15 is 13.2 Å². The number of anilines is 1. The van der Waals surface area contributed by atoms with Crippen LogP contribution < -0.4 is 19.7 Å². The lowest BCUT2D eigenvalue weighted by molar-refractivity contribution is 0.108. The molecule has 0 radical (unpaired) electrons. The highest BCUT2D eigenvalue weighted by Gasteiger charge is 2.45. The maximum Gasteiger partial charge on any atom is 0.414 e. The Morgan fingerprint density at radius 3 is 2.49 bits per heavy atom. The van der Waals surface area contributed by atoms with E-state index in [1.54, 1.807) is 0 Å². The fraction of sp³-hybridized carbons (Fsp3) is 0.444. The average Bonchev–Trinajstić information content (AvgIpc) is 3.78. The lowest BCUT2D eigenvalue weighted by atomic mass is 9.95. The first kappa shape index (κ1) is 31.6. The third-order valence-electron chi connectivity index (χ3n) is 10.5. The lowest BCUT2D eigenvalue weighted by Crippen LogP contribution is -2.51. The summed E-state index contributed by atoms with van der Waals surface area (Å²) in [7, 11) is 3.01. The van der Waals surface area contributed by atoms with Crippen LogP contribution in [-0.4, -0.2) is 95.3 Å². The zero-order valence-electron chi connectivity index (χ0n) is 27.4. The van der Waals surface area contributed by atoms with Crippen LogP contribution in [0, 0.1) is 29.9 Å². The average molecular weight is 672 g/mol. The highest BCUT2D eigenvalue weighted by Crippen LogP contribution is 2.42. The van der Waals surface area contributed by atoms with Gasteiger partial charge in [0, 0.05) is 50.2 Å². The normalized spacial score (nSPS) is 21.3. The van der Waals surface area contributed by atoms with Gasteiger partial charge < -0.3 is 24.6 Å². The van der Waals surface area contributed by atoms with Crippen molar-refractivity contribution in [2.75, 3.05) is 51.8 Å². The molecule has 49 heavy (non-hydrogen) atoms. The minimum Gasteiger partial charge on any atom is -0.461 e. The zero-order valence-corrected chi connectivity index (χ0v) is 27.4. The molecule has 1 amide bonds. The summed E-state index contributed by atoms with van der Waals surface area (Å²) in [6, 6.07) is 5.71. The minimum atomic E-state index is -1.00. The SMILES string of the molecule is C#Cc1c(F)ccc2cc(OC(=O)N(C)C)cc(-c3nc(F)c4c(N5CC6CCC(C5)N6)nc(OCC56CCCN5CCC6)nc4c3F)c12. The van der Waals surface area contributed by atoms with Gasteiger partial charge in [-0.25, -0.2) is 18.6 Å². The number of hydrogen-bond acceptors (Lipinski definition) is 9. The third kappa shape index (κ3) is 5.38. The molecular weight excluding hydrogens is 635 g/mol. The molecule has 0 saturated carbocycles. The van der Waals surface area contributed by atoms with Crippen molar-refractivity contribution in [2.45, 2.75) is 56.1 Å². The number of carbonyl (C=O) groups excluding carboxylic acids is 1. The topological polar surface area (TPSA) is 96.0 Å². The Morgan fingerprint density at radius 1 is 1.06 bits per heavy atom. The highest BCUT2D eigenvalue weighted by molar-refractivity contribution is 6.03. The van der Waals surface area contributed by atoms with Gasteiger partial charge in [-0.1, -0.05) is 12.0 Å². The second kappa shape index (κ2) is 12.0. The van der Waals surface area contributed by atoms with Crippen molar-refractivity contribution in [3.8, 4) is 35.4 Å². The molecule has 2 aromatic heterocycles. The van der Waals surface area contributed by atoms with Gasteiger partial charge in [0.15, 0.2) is 5.82 Å². The molecule has 2 aromatic carbocycles. The number of terminal acetylenes is 1. The molecule has 2 atom stereocenters. The number of amides is 1. The van der Waals surface area contributed by atoms with E-state index in [-0.39, 0.29) is 62.6 Å². The molecule has 0 aliphatic carbocycles. The molecule has 1 N–H and O–H groups in total. The van der Waals surface area contributed by atoms with E-state index in [1.807, 2.05) is 4.90 Å². The van der Waals surface area contributed by atoms with Crippen LogP contribution in [0.5, 0.6) is 11.8 Å². The van der Waals surface area contributed by atoms with Crippen LogP contribution >= 0.6 is 0 Å². The maximum atomic E-state index is 17.1. The Hall–Kier alpha value is -4.67. The molecule has 4 aliphatic heterocycles. The molecule has 8 rings (SSSR count). The Morgan fingerprint density at radius 2 is 1.80 bits per heavy atom. The molecular formula is C36H36F3N7O3. The first-order chi connectivity index (χ1) is 23.6. The molecule has 2 unspecified atom stereocenters. The second-order valence-corrected chi connectivity index (χ2v) is 13.8. The van der Waals surface area contributed by atoms with Crippen LogP contribution in [0.2, 0.25) is 0 Å². The predicted octanol–water partition coefficient (Wildman–Crippen LogP) is 5.25. The first-order valence-electron chi connectivity index (χ1n) is 16.7. The number of halogens is 3. The summed E-state index contributed by atoms with van der Waals surface area (Å²) in [5.41, 5.74) is -1.13. The third-order valence-corrected chi connectivity index (χ3v) is 10.5. The van der Waals surface area contributed by atoms with E-state index in [9.17, 15) is 4.79 Å². The number of nitrogens with zero attached hydrogens (tertiary/aromatic N) is 6. The molecule has 2 bridgehead atoms. The van der Waals surface area contributed by atoms with Crippen molar-refractivity contribution in [3.05, 3.63) is 47.4 Å². The number of rotatable bonds is 6. The van der Waals surface area contributed by atoms with E-state index < -0.39 is 29.4 Å². The number of hydrogen-bond donors (Lipinski definition) is 1. The van der Waals surface area contributed by atoms with Crippen LogP contribution in [0.1, 0.15) is 44.1 Å². The molecule has 4 aromatic rings. The molecule has 254 valence electrons. The Bertz CT molecular complexity index is 2030. The van der Waals surface area contributed by atoms with Crippen LogP contribution in [0.3, 0.4) is 0 Å². The van der Waals surface area contributed by atoms with E-state index in [0.717, 1.165) is 51.6 Å². The van der Waals surface area contributed by atoms with Crippen LogP contribution in [0.25, 0.3) is 32.9 Å². The van der Waals surface area contributed by atoms with Gasteiger partial charge in [-0.2, -0.15) is 14.4 Å². The first-order valence-corrected chi connectivity index (χ1v) is 16.7. The van der Waals surface area contributed by atoms with Crippen molar-refractivity contribution in [1.29, 1.82) is 0 Å². The molecule has 4 saturated heterocycles. The number of ether oxygens (including phenoxy) is 2. The minimum absolute atomic E-state index is 0.0121. The van der Waals surface area contributed by atoms with Crippen molar-refractivity contribution < 1.29 is 27.4 Å². The van der Waals surface area contributed by atoms with Crippen LogP contribution in [0.15, 0.2) is 24.3 Å². The van der Waals surface area contributed by atoms with E-state index in [0.29, 0.717) is 25.1 Å². The van der Waals surface area contributed by atoms with Crippen LogP contribution in [-0.2, 0) is 0 Å². The molecule has 13 heteroatoms. The molecule has 4 fully saturated rings. The Kier molecular flexibility index (Phi) is 7.76. The van der Waals surface area contributed by atoms with E-state index in [4.69, 9.17) is 20.9 Å². The highest BCUT2D eigenvalue weighted by atomic mass is 19.1. The van der Waals surface area contributed by atoms with Gasteiger partial charge in [-0.05, 0) is 75.2 Å². The van der Waals surface area contributed by atoms with Gasteiger partial charge in [0.2, 0.25) is 5.95 Å². The summed E-state index contributed by atoms with van der Waals surface area (Å²) in [5, 5.41) is 3.85. The molecule has 6 heterocycles. The predicted molar refractivity (Wildman–Crippen MR) is 178 cm³/mol. The van der Waals surface area contributed by atoms with Gasteiger partial charge in [0.1, 0.15) is 40.6 Å². The van der Waals surface area contributed by atoms with Crippen molar-refractivity contribution in [3.63, 3.8) is 0 Å². The standard InChI is InChI=1S/C36H36F3N7O3/c1-4-24-26(37)10-7-20-15-23(49-35(47)44(2)3)16-25(27(20)24)30-29(38)31-28(32(39)41-30)33(45-17-21-8-9-22(18-45)40-21)43-34(42-31)48-19-36-11-5-13-46(36)14-6-12-36/h1,7,10,15-16,21-22,40H,5-6,8-9,11-14,17-19H2,2-3H3. The number of aromatic nitrogens is 3. The van der Waals surface area contributed by atoms with Crippen molar-refractivity contribution in [1.82, 2.24) is 30.1 Å². The van der Waals surface area contributed by atoms with E-state index in [2.05, 4.69) is 26.1 Å². The number of piperazine rings is 1. The van der Waals surface area contributed by atoms with Gasteiger partial charge in [-0.3, -0.25) is 4.90 Å². The summed E-state index contributed by atoms with van der Waals surface area (Å²) in [4.78, 5) is 31.4. The number of nitrogens with one attached hydrogen (secondary N) is 1. The number of carbonyl (C=O) groups is 1. The Labute approximate surface area is 281 Å². The number of pyridine rings is 1. The summed E-state index contributed by atoms with van der Waals surface area (Å²) in [6.45, 7) is 3.45. The molecule has 10 nitrogen and oxygen atoms in total. The maximum absolute atomic E-state index is 17.1. The quantitative estimate of drug-likeness (QED) is 0.218. The van der Waals surface area contributed by atoms with Gasteiger partial charge in [0.05, 0.1) is 11.1 Å². The fourth-order valence-electron chi connectivity index (χ4n) is 8.19. The van der Waals surface area contributed by atoms with Crippen molar-refractivity contribution in [2.24, 2.45) is 0 Å². The largest absolute Gasteiger partial charge is 0.461 e. The monoisotopic (exact) mass is 671 g/mol. The smallest absolute Gasteiger partial charge is 0.414 e. The number of fused-ring (bicyclic) bond motifs is 5. The van der Waals surface area contributed by atoms with Crippen molar-refractivity contribution >= 4 is 33.6 Å². The number of benzene rings is 2. The summed E-state index contributed by atoms with van der Waals surface area (Å²) in [6.07, 6.45) is 11.1. The lowest BCUT2D eigenvalue weighted by Gasteiger charge is -2.34. The second-order valence-electron chi connectivity index (χ2n) is 13.8. The summed E-state index contributed by atoms with van der Waals surface area (Å²) in [5.74, 6) is -0.124. The fourth-order valence-corrected chi connectivity index (χ4v) is 8.19. The summed E-state index contributed by atoms with van der Waals surface area (Å²) >= 11 is 0. The van der Waals surface area contributed by atoms with Crippen LogP contribution in [0.4, 0.5) is 23.8 Å². The molecule has 0 spiro atoms. The van der Waals surface area contributed by atoms with Gasteiger partial charge in [-0.15, -0.1) is 6.42 Å². The van der Waals surface area contributed by atoms with Gasteiger partial charge in [0.25, 0.3) is 0 Å². The molecule has 4 aliphatic rings. The van der Waals surface area contributed by atoms with Gasteiger partial charge >= 0.3 is 12.1 Å². The Balaban J connectivity index is 1.31. The van der Waals surface area contributed by atoms with E-state index in [1.165, 1.54) is 43.3 Å².